The highest BCUT2D eigenvalue weighted by atomic mass is 16.5. The summed E-state index contributed by atoms with van der Waals surface area (Å²) in [5.41, 5.74) is 4.36. The number of aliphatic hydroxyl groups is 1. The number of nitrogens with one attached hydrogen (secondary N) is 1. The molecule has 5 rings (SSSR count). The predicted octanol–water partition coefficient (Wildman–Crippen LogP) is 3.09. The third kappa shape index (κ3) is 4.87. The van der Waals surface area contributed by atoms with Gasteiger partial charge in [-0.15, -0.1) is 5.10 Å². The summed E-state index contributed by atoms with van der Waals surface area (Å²) in [4.78, 5) is 11.5. The van der Waals surface area contributed by atoms with E-state index in [1.54, 1.807) is 7.11 Å². The van der Waals surface area contributed by atoms with E-state index in [4.69, 9.17) is 14.6 Å². The molecule has 9 heteroatoms. The Morgan fingerprint density at radius 1 is 1.18 bits per heavy atom. The van der Waals surface area contributed by atoms with Crippen molar-refractivity contribution in [2.24, 2.45) is 0 Å². The minimum absolute atomic E-state index is 0.0991. The maximum atomic E-state index is 10.0. The van der Waals surface area contributed by atoms with Gasteiger partial charge in [0.1, 0.15) is 5.82 Å². The van der Waals surface area contributed by atoms with E-state index in [1.807, 2.05) is 23.8 Å². The fourth-order valence-electron chi connectivity index (χ4n) is 5.04. The molecule has 4 heterocycles. The van der Waals surface area contributed by atoms with Gasteiger partial charge in [-0.3, -0.25) is 0 Å². The topological polar surface area (TPSA) is 97.0 Å². The van der Waals surface area contributed by atoms with Crippen molar-refractivity contribution in [1.29, 1.82) is 0 Å². The lowest BCUT2D eigenvalue weighted by molar-refractivity contribution is 0.121. The SMILES string of the molecule is COC[C@H](C)Nc1ncc2c(-c3ccnc(N4CCOCC4)c3)cc([C@H]3CC[C@@H](O)CC3)n2n1. The molecular weight excluding hydrogens is 432 g/mol. The number of aliphatic hydroxyl groups excluding tert-OH is 1. The van der Waals surface area contributed by atoms with Crippen LogP contribution < -0.4 is 10.2 Å². The van der Waals surface area contributed by atoms with Crippen LogP contribution in [0, 0.1) is 0 Å². The molecule has 1 aliphatic carbocycles. The van der Waals surface area contributed by atoms with Crippen LogP contribution in [-0.4, -0.2) is 76.9 Å². The molecule has 182 valence electrons. The molecule has 0 amide bonds. The first-order chi connectivity index (χ1) is 16.6. The number of pyridine rings is 1. The molecule has 1 saturated carbocycles. The third-order valence-corrected chi connectivity index (χ3v) is 6.84. The highest BCUT2D eigenvalue weighted by Crippen LogP contribution is 2.38. The number of morpholine rings is 1. The van der Waals surface area contributed by atoms with E-state index in [2.05, 4.69) is 38.4 Å². The number of aromatic nitrogens is 4. The zero-order chi connectivity index (χ0) is 23.5. The van der Waals surface area contributed by atoms with Gasteiger partial charge in [-0.05, 0) is 56.4 Å². The lowest BCUT2D eigenvalue weighted by Gasteiger charge is -2.28. The van der Waals surface area contributed by atoms with Gasteiger partial charge in [0.05, 0.1) is 37.6 Å². The molecule has 1 aliphatic heterocycles. The van der Waals surface area contributed by atoms with Crippen LogP contribution >= 0.6 is 0 Å². The highest BCUT2D eigenvalue weighted by molar-refractivity contribution is 5.82. The number of anilines is 2. The molecule has 9 nitrogen and oxygen atoms in total. The van der Waals surface area contributed by atoms with Crippen molar-refractivity contribution < 1.29 is 14.6 Å². The average molecular weight is 467 g/mol. The minimum Gasteiger partial charge on any atom is -0.393 e. The fraction of sp³-hybridized carbons (Fsp3) is 0.560. The van der Waals surface area contributed by atoms with Crippen molar-refractivity contribution in [3.05, 3.63) is 36.3 Å². The quantitative estimate of drug-likeness (QED) is 0.548. The Kier molecular flexibility index (Phi) is 6.94. The van der Waals surface area contributed by atoms with Crippen LogP contribution in [0.5, 0.6) is 0 Å². The van der Waals surface area contributed by atoms with E-state index in [0.717, 1.165) is 74.4 Å². The number of nitrogens with zero attached hydrogens (tertiary/aromatic N) is 5. The number of hydrogen-bond donors (Lipinski definition) is 2. The van der Waals surface area contributed by atoms with Gasteiger partial charge < -0.3 is 24.8 Å². The van der Waals surface area contributed by atoms with Gasteiger partial charge in [0.25, 0.3) is 0 Å². The first kappa shape index (κ1) is 23.0. The lowest BCUT2D eigenvalue weighted by Crippen LogP contribution is -2.36. The van der Waals surface area contributed by atoms with Crippen molar-refractivity contribution >= 4 is 17.3 Å². The van der Waals surface area contributed by atoms with Crippen LogP contribution in [0.2, 0.25) is 0 Å². The zero-order valence-electron chi connectivity index (χ0n) is 20.0. The van der Waals surface area contributed by atoms with E-state index in [9.17, 15) is 5.11 Å². The molecule has 34 heavy (non-hydrogen) atoms. The number of hydrogen-bond acceptors (Lipinski definition) is 8. The number of rotatable bonds is 7. The average Bonchev–Trinajstić information content (AvgIpc) is 3.24. The van der Waals surface area contributed by atoms with Crippen LogP contribution in [0.3, 0.4) is 0 Å². The molecule has 2 aliphatic rings. The van der Waals surface area contributed by atoms with Crippen molar-refractivity contribution in [2.75, 3.05) is 50.2 Å². The Bertz CT molecular complexity index is 1110. The normalized spacial score (nSPS) is 22.1. The van der Waals surface area contributed by atoms with Gasteiger partial charge in [-0.2, -0.15) is 0 Å². The van der Waals surface area contributed by atoms with E-state index >= 15 is 0 Å². The Morgan fingerprint density at radius 2 is 1.97 bits per heavy atom. The lowest BCUT2D eigenvalue weighted by atomic mass is 9.85. The number of methoxy groups -OCH3 is 1. The summed E-state index contributed by atoms with van der Waals surface area (Å²) >= 11 is 0. The van der Waals surface area contributed by atoms with Crippen molar-refractivity contribution in [3.63, 3.8) is 0 Å². The van der Waals surface area contributed by atoms with Gasteiger partial charge in [0, 0.05) is 49.6 Å². The first-order valence-electron chi connectivity index (χ1n) is 12.2. The van der Waals surface area contributed by atoms with E-state index in [-0.39, 0.29) is 12.1 Å². The van der Waals surface area contributed by atoms with Gasteiger partial charge in [-0.1, -0.05) is 0 Å². The molecule has 3 aromatic heterocycles. The number of ether oxygens (including phenoxy) is 2. The van der Waals surface area contributed by atoms with Crippen LogP contribution in [0.1, 0.15) is 44.2 Å². The highest BCUT2D eigenvalue weighted by Gasteiger charge is 2.26. The summed E-state index contributed by atoms with van der Waals surface area (Å²) < 4.78 is 12.8. The monoisotopic (exact) mass is 466 g/mol. The van der Waals surface area contributed by atoms with Crippen LogP contribution in [0.4, 0.5) is 11.8 Å². The van der Waals surface area contributed by atoms with Gasteiger partial charge in [0.15, 0.2) is 0 Å². The van der Waals surface area contributed by atoms with Crippen LogP contribution in [0.15, 0.2) is 30.6 Å². The summed E-state index contributed by atoms with van der Waals surface area (Å²) in [5, 5.41) is 18.3. The van der Waals surface area contributed by atoms with Crippen molar-refractivity contribution in [2.45, 2.75) is 50.7 Å². The molecule has 2 fully saturated rings. The second-order valence-electron chi connectivity index (χ2n) is 9.37. The summed E-state index contributed by atoms with van der Waals surface area (Å²) in [6, 6.07) is 6.57. The van der Waals surface area contributed by atoms with Crippen LogP contribution in [0.25, 0.3) is 16.6 Å². The molecule has 1 atom stereocenters. The minimum atomic E-state index is -0.194. The largest absolute Gasteiger partial charge is 0.393 e. The number of fused-ring (bicyclic) bond motifs is 1. The van der Waals surface area contributed by atoms with Gasteiger partial charge in [-0.25, -0.2) is 14.5 Å². The molecule has 0 radical (unpaired) electrons. The van der Waals surface area contributed by atoms with E-state index in [0.29, 0.717) is 18.5 Å². The molecular formula is C25H34N6O3. The Hall–Kier alpha value is -2.75. The molecule has 3 aromatic rings. The molecule has 0 spiro atoms. The Balaban J connectivity index is 1.54. The smallest absolute Gasteiger partial charge is 0.241 e. The summed E-state index contributed by atoms with van der Waals surface area (Å²) in [6.45, 7) is 5.77. The molecule has 0 aromatic carbocycles. The van der Waals surface area contributed by atoms with Crippen molar-refractivity contribution in [3.8, 4) is 11.1 Å². The van der Waals surface area contributed by atoms with E-state index < -0.39 is 0 Å². The molecule has 0 bridgehead atoms. The molecule has 1 saturated heterocycles. The predicted molar refractivity (Wildman–Crippen MR) is 131 cm³/mol. The fourth-order valence-corrected chi connectivity index (χ4v) is 5.04. The van der Waals surface area contributed by atoms with E-state index in [1.165, 1.54) is 5.69 Å². The Morgan fingerprint density at radius 3 is 2.74 bits per heavy atom. The van der Waals surface area contributed by atoms with Gasteiger partial charge >= 0.3 is 0 Å². The van der Waals surface area contributed by atoms with Gasteiger partial charge in [0.2, 0.25) is 5.95 Å². The molecule has 0 unspecified atom stereocenters. The second kappa shape index (κ2) is 10.2. The van der Waals surface area contributed by atoms with Crippen LogP contribution in [-0.2, 0) is 9.47 Å². The first-order valence-corrected chi connectivity index (χ1v) is 12.2. The standard InChI is InChI=1S/C25H34N6O3/c1-17(16-33-2)28-25-27-15-23-21(14-22(31(23)29-25)18-3-5-20(32)6-4-18)19-7-8-26-24(13-19)30-9-11-34-12-10-30/h7-8,13-15,17-18,20,32H,3-6,9-12,16H2,1-2H3,(H,28,29)/t17-,18-,20+/m0/s1. The summed E-state index contributed by atoms with van der Waals surface area (Å²) in [5.74, 6) is 1.90. The summed E-state index contributed by atoms with van der Waals surface area (Å²) in [6.07, 6.45) is 7.14. The third-order valence-electron chi connectivity index (χ3n) is 6.84. The molecule has 2 N–H and O–H groups in total. The summed E-state index contributed by atoms with van der Waals surface area (Å²) in [7, 11) is 1.69. The maximum absolute atomic E-state index is 10.0. The van der Waals surface area contributed by atoms with Crippen molar-refractivity contribution in [1.82, 2.24) is 19.6 Å². The Labute approximate surface area is 200 Å². The maximum Gasteiger partial charge on any atom is 0.241 e. The second-order valence-corrected chi connectivity index (χ2v) is 9.37. The zero-order valence-corrected chi connectivity index (χ0v) is 20.0.